The molecule has 18 heavy (non-hydrogen) atoms. The van der Waals surface area contributed by atoms with Crippen molar-refractivity contribution in [1.82, 2.24) is 10.6 Å². The molecule has 6 heteroatoms. The van der Waals surface area contributed by atoms with Gasteiger partial charge in [-0.25, -0.2) is 0 Å². The van der Waals surface area contributed by atoms with Crippen molar-refractivity contribution >= 4 is 23.2 Å². The second-order valence-corrected chi connectivity index (χ2v) is 5.18. The van der Waals surface area contributed by atoms with E-state index in [2.05, 4.69) is 10.6 Å². The Morgan fingerprint density at radius 2 is 2.11 bits per heavy atom. The van der Waals surface area contributed by atoms with Crippen molar-refractivity contribution in [2.24, 2.45) is 11.7 Å². The van der Waals surface area contributed by atoms with Crippen LogP contribution in [0.15, 0.2) is 16.8 Å². The molecule has 0 saturated carbocycles. The van der Waals surface area contributed by atoms with E-state index < -0.39 is 6.04 Å². The average molecular weight is 269 g/mol. The smallest absolute Gasteiger partial charge is 0.239 e. The second kappa shape index (κ2) is 7.13. The van der Waals surface area contributed by atoms with Crippen molar-refractivity contribution < 1.29 is 9.59 Å². The summed E-state index contributed by atoms with van der Waals surface area (Å²) in [6.07, 6.45) is 0. The zero-order valence-corrected chi connectivity index (χ0v) is 11.4. The maximum absolute atomic E-state index is 11.5. The monoisotopic (exact) mass is 269 g/mol. The fourth-order valence-corrected chi connectivity index (χ4v) is 1.91. The molecule has 1 heterocycles. The number of amides is 2. The molecule has 2 amide bonds. The Hall–Kier alpha value is -1.40. The molecule has 0 saturated heterocycles. The maximum atomic E-state index is 11.5. The van der Waals surface area contributed by atoms with Gasteiger partial charge in [0.2, 0.25) is 11.8 Å². The van der Waals surface area contributed by atoms with Crippen molar-refractivity contribution in [3.05, 3.63) is 22.4 Å². The Morgan fingerprint density at radius 3 is 2.67 bits per heavy atom. The molecule has 0 aliphatic rings. The van der Waals surface area contributed by atoms with Gasteiger partial charge in [-0.15, -0.1) is 0 Å². The Labute approximate surface area is 111 Å². The van der Waals surface area contributed by atoms with Gasteiger partial charge >= 0.3 is 0 Å². The predicted octanol–water partition coefficient (Wildman–Crippen LogP) is 0.464. The lowest BCUT2D eigenvalue weighted by Gasteiger charge is -2.15. The molecule has 0 radical (unpaired) electrons. The van der Waals surface area contributed by atoms with Crippen LogP contribution in [-0.4, -0.2) is 24.4 Å². The minimum Gasteiger partial charge on any atom is -0.350 e. The van der Waals surface area contributed by atoms with E-state index in [1.54, 1.807) is 11.3 Å². The van der Waals surface area contributed by atoms with Gasteiger partial charge < -0.3 is 16.4 Å². The van der Waals surface area contributed by atoms with Gasteiger partial charge in [0.25, 0.3) is 0 Å². The Kier molecular flexibility index (Phi) is 5.80. The third-order valence-corrected chi connectivity index (χ3v) is 3.25. The lowest BCUT2D eigenvalue weighted by molar-refractivity contribution is -0.127. The first-order valence-corrected chi connectivity index (χ1v) is 6.76. The van der Waals surface area contributed by atoms with Crippen LogP contribution in [-0.2, 0) is 16.1 Å². The molecule has 100 valence electrons. The first kappa shape index (κ1) is 14.7. The molecule has 0 spiro atoms. The molecule has 1 rings (SSSR count). The van der Waals surface area contributed by atoms with Crippen LogP contribution >= 0.6 is 11.3 Å². The number of hydrogen-bond acceptors (Lipinski definition) is 4. The fourth-order valence-electron chi connectivity index (χ4n) is 1.24. The van der Waals surface area contributed by atoms with Crippen LogP contribution < -0.4 is 16.4 Å². The van der Waals surface area contributed by atoms with Crippen LogP contribution in [0.4, 0.5) is 0 Å². The molecular weight excluding hydrogens is 250 g/mol. The van der Waals surface area contributed by atoms with E-state index in [1.165, 1.54) is 0 Å². The van der Waals surface area contributed by atoms with E-state index in [0.717, 1.165) is 5.56 Å². The third kappa shape index (κ3) is 4.85. The Bertz CT molecular complexity index is 390. The summed E-state index contributed by atoms with van der Waals surface area (Å²) in [6, 6.07) is 1.37. The van der Waals surface area contributed by atoms with Crippen molar-refractivity contribution in [2.75, 3.05) is 6.54 Å². The molecular formula is C12H19N3O2S. The van der Waals surface area contributed by atoms with Crippen molar-refractivity contribution in [1.29, 1.82) is 0 Å². The zero-order valence-electron chi connectivity index (χ0n) is 10.6. The fraction of sp³-hybridized carbons (Fsp3) is 0.500. The molecule has 0 aromatic carbocycles. The summed E-state index contributed by atoms with van der Waals surface area (Å²) >= 11 is 1.58. The number of rotatable bonds is 6. The molecule has 0 unspecified atom stereocenters. The highest BCUT2D eigenvalue weighted by Gasteiger charge is 2.17. The predicted molar refractivity (Wildman–Crippen MR) is 72.0 cm³/mol. The van der Waals surface area contributed by atoms with E-state index in [4.69, 9.17) is 5.73 Å². The van der Waals surface area contributed by atoms with Gasteiger partial charge in [0, 0.05) is 6.54 Å². The molecule has 1 aromatic rings. The van der Waals surface area contributed by atoms with Gasteiger partial charge in [0.1, 0.15) is 0 Å². The summed E-state index contributed by atoms with van der Waals surface area (Å²) in [5.41, 5.74) is 6.71. The van der Waals surface area contributed by atoms with E-state index in [9.17, 15) is 9.59 Å². The van der Waals surface area contributed by atoms with Gasteiger partial charge in [-0.05, 0) is 28.3 Å². The van der Waals surface area contributed by atoms with Crippen molar-refractivity contribution in [2.45, 2.75) is 26.4 Å². The normalized spacial score (nSPS) is 12.2. The lowest BCUT2D eigenvalue weighted by Crippen LogP contribution is -2.47. The molecule has 1 atom stereocenters. The zero-order chi connectivity index (χ0) is 13.5. The molecule has 0 bridgehead atoms. The SMILES string of the molecule is CC(C)[C@H](N)C(=O)NCC(=O)NCc1ccsc1. The van der Waals surface area contributed by atoms with E-state index >= 15 is 0 Å². The highest BCUT2D eigenvalue weighted by atomic mass is 32.1. The van der Waals surface area contributed by atoms with Crippen LogP contribution in [0.25, 0.3) is 0 Å². The van der Waals surface area contributed by atoms with E-state index in [-0.39, 0.29) is 24.3 Å². The van der Waals surface area contributed by atoms with Gasteiger partial charge in [-0.1, -0.05) is 13.8 Å². The Balaban J connectivity index is 2.23. The number of carbonyl (C=O) groups is 2. The average Bonchev–Trinajstić information content (AvgIpc) is 2.85. The topological polar surface area (TPSA) is 84.2 Å². The largest absolute Gasteiger partial charge is 0.350 e. The number of nitrogens with one attached hydrogen (secondary N) is 2. The van der Waals surface area contributed by atoms with Gasteiger partial charge in [-0.3, -0.25) is 9.59 Å². The van der Waals surface area contributed by atoms with E-state index in [0.29, 0.717) is 6.54 Å². The third-order valence-electron chi connectivity index (χ3n) is 2.51. The minimum absolute atomic E-state index is 0.0383. The highest BCUT2D eigenvalue weighted by Crippen LogP contribution is 2.04. The summed E-state index contributed by atoms with van der Waals surface area (Å²) in [5.74, 6) is -0.458. The summed E-state index contributed by atoms with van der Waals surface area (Å²) in [4.78, 5) is 23.0. The molecule has 0 fully saturated rings. The molecule has 5 nitrogen and oxygen atoms in total. The van der Waals surface area contributed by atoms with Gasteiger partial charge in [0.15, 0.2) is 0 Å². The quantitative estimate of drug-likeness (QED) is 0.701. The Morgan fingerprint density at radius 1 is 1.39 bits per heavy atom. The number of thiophene rings is 1. The molecule has 0 aliphatic carbocycles. The minimum atomic E-state index is -0.574. The van der Waals surface area contributed by atoms with Crippen LogP contribution in [0.5, 0.6) is 0 Å². The summed E-state index contributed by atoms with van der Waals surface area (Å²) < 4.78 is 0. The van der Waals surface area contributed by atoms with E-state index in [1.807, 2.05) is 30.7 Å². The first-order valence-electron chi connectivity index (χ1n) is 5.81. The van der Waals surface area contributed by atoms with Crippen LogP contribution in [0.1, 0.15) is 19.4 Å². The standard InChI is InChI=1S/C12H19N3O2S/c1-8(2)11(13)12(17)15-6-10(16)14-5-9-3-4-18-7-9/h3-4,7-8,11H,5-6,13H2,1-2H3,(H,14,16)(H,15,17)/t11-/m0/s1. The maximum Gasteiger partial charge on any atom is 0.239 e. The summed E-state index contributed by atoms with van der Waals surface area (Å²) in [5, 5.41) is 9.16. The number of carbonyl (C=O) groups excluding carboxylic acids is 2. The van der Waals surface area contributed by atoms with Crippen LogP contribution in [0.2, 0.25) is 0 Å². The van der Waals surface area contributed by atoms with Gasteiger partial charge in [-0.2, -0.15) is 11.3 Å². The number of hydrogen-bond donors (Lipinski definition) is 3. The van der Waals surface area contributed by atoms with Crippen molar-refractivity contribution in [3.8, 4) is 0 Å². The lowest BCUT2D eigenvalue weighted by atomic mass is 10.1. The summed E-state index contributed by atoms with van der Waals surface area (Å²) in [7, 11) is 0. The second-order valence-electron chi connectivity index (χ2n) is 4.40. The van der Waals surface area contributed by atoms with Crippen LogP contribution in [0.3, 0.4) is 0 Å². The number of nitrogens with two attached hydrogens (primary N) is 1. The first-order chi connectivity index (χ1) is 8.50. The highest BCUT2D eigenvalue weighted by molar-refractivity contribution is 7.07. The molecule has 4 N–H and O–H groups in total. The van der Waals surface area contributed by atoms with Crippen LogP contribution in [0, 0.1) is 5.92 Å². The molecule has 1 aromatic heterocycles. The van der Waals surface area contributed by atoms with Crippen molar-refractivity contribution in [3.63, 3.8) is 0 Å². The van der Waals surface area contributed by atoms with Gasteiger partial charge in [0.05, 0.1) is 12.6 Å². The molecule has 0 aliphatic heterocycles. The summed E-state index contributed by atoms with van der Waals surface area (Å²) in [6.45, 7) is 4.17.